The summed E-state index contributed by atoms with van der Waals surface area (Å²) in [4.78, 5) is 24.0. The van der Waals surface area contributed by atoms with Crippen LogP contribution in [0, 0.1) is 0 Å². The van der Waals surface area contributed by atoms with Gasteiger partial charge in [0, 0.05) is 6.20 Å². The maximum Gasteiger partial charge on any atom is 0.356 e. The fraction of sp³-hybridized carbons (Fsp3) is 0.250. The molecule has 0 atom stereocenters. The Balaban J connectivity index is 2.80. The standard InChI is InChI=1S/C8H10N2O3/c1-2-13-8(12)7-6(10-5-11)3-4-9-7/h3-5,9H,2H2,1H3,(H,10,11). The third kappa shape index (κ3) is 2.08. The minimum atomic E-state index is -0.475. The monoisotopic (exact) mass is 182 g/mol. The number of nitrogens with one attached hydrogen (secondary N) is 2. The maximum atomic E-state index is 11.2. The van der Waals surface area contributed by atoms with Crippen LogP contribution in [0.4, 0.5) is 5.69 Å². The molecule has 2 N–H and O–H groups in total. The molecule has 13 heavy (non-hydrogen) atoms. The van der Waals surface area contributed by atoms with E-state index in [-0.39, 0.29) is 5.69 Å². The summed E-state index contributed by atoms with van der Waals surface area (Å²) in [6.07, 6.45) is 2.06. The number of amides is 1. The molecule has 0 aliphatic rings. The fourth-order valence-electron chi connectivity index (χ4n) is 0.925. The summed E-state index contributed by atoms with van der Waals surface area (Å²) in [6.45, 7) is 2.02. The lowest BCUT2D eigenvalue weighted by molar-refractivity contribution is -0.105. The summed E-state index contributed by atoms with van der Waals surface area (Å²) >= 11 is 0. The molecule has 1 heterocycles. The van der Waals surface area contributed by atoms with Crippen LogP contribution in [0.3, 0.4) is 0 Å². The molecule has 0 radical (unpaired) electrons. The molecule has 0 aromatic carbocycles. The van der Waals surface area contributed by atoms with Crippen molar-refractivity contribution in [2.75, 3.05) is 11.9 Å². The first kappa shape index (κ1) is 9.31. The average molecular weight is 182 g/mol. The predicted octanol–water partition coefficient (Wildman–Crippen LogP) is 0.760. The zero-order chi connectivity index (χ0) is 9.68. The summed E-state index contributed by atoms with van der Waals surface area (Å²) < 4.78 is 4.75. The molecule has 0 fully saturated rings. The van der Waals surface area contributed by atoms with Gasteiger partial charge in [-0.3, -0.25) is 4.79 Å². The van der Waals surface area contributed by atoms with Gasteiger partial charge in [0.1, 0.15) is 5.69 Å². The van der Waals surface area contributed by atoms with E-state index in [1.807, 2.05) is 0 Å². The van der Waals surface area contributed by atoms with E-state index in [0.29, 0.717) is 18.7 Å². The van der Waals surface area contributed by atoms with Crippen LogP contribution in [0.25, 0.3) is 0 Å². The zero-order valence-electron chi connectivity index (χ0n) is 7.16. The van der Waals surface area contributed by atoms with Gasteiger partial charge in [-0.2, -0.15) is 0 Å². The van der Waals surface area contributed by atoms with Crippen molar-refractivity contribution in [1.82, 2.24) is 4.98 Å². The van der Waals surface area contributed by atoms with Crippen LogP contribution < -0.4 is 5.32 Å². The van der Waals surface area contributed by atoms with E-state index < -0.39 is 5.97 Å². The molecule has 5 heteroatoms. The highest BCUT2D eigenvalue weighted by atomic mass is 16.5. The van der Waals surface area contributed by atoms with Crippen LogP contribution in [0.2, 0.25) is 0 Å². The van der Waals surface area contributed by atoms with Gasteiger partial charge in [-0.15, -0.1) is 0 Å². The third-order valence-corrected chi connectivity index (χ3v) is 1.44. The first-order valence-corrected chi connectivity index (χ1v) is 3.84. The lowest BCUT2D eigenvalue weighted by Crippen LogP contribution is -2.08. The van der Waals surface area contributed by atoms with Crippen LogP contribution in [-0.2, 0) is 9.53 Å². The number of rotatable bonds is 4. The first-order valence-electron chi connectivity index (χ1n) is 3.84. The summed E-state index contributed by atoms with van der Waals surface area (Å²) in [5, 5.41) is 2.38. The number of ether oxygens (including phenoxy) is 1. The molecular formula is C8H10N2O3. The summed E-state index contributed by atoms with van der Waals surface area (Å²) in [5.74, 6) is -0.475. The topological polar surface area (TPSA) is 71.2 Å². The second-order valence-electron chi connectivity index (χ2n) is 2.25. The number of esters is 1. The van der Waals surface area contributed by atoms with E-state index in [2.05, 4.69) is 10.3 Å². The molecule has 0 saturated heterocycles. The van der Waals surface area contributed by atoms with Gasteiger partial charge in [-0.25, -0.2) is 4.79 Å². The van der Waals surface area contributed by atoms with E-state index >= 15 is 0 Å². The van der Waals surface area contributed by atoms with Gasteiger partial charge in [0.15, 0.2) is 0 Å². The molecule has 1 aromatic heterocycles. The van der Waals surface area contributed by atoms with E-state index in [1.54, 1.807) is 19.2 Å². The van der Waals surface area contributed by atoms with E-state index in [4.69, 9.17) is 4.74 Å². The van der Waals surface area contributed by atoms with Gasteiger partial charge in [-0.05, 0) is 13.0 Å². The van der Waals surface area contributed by atoms with E-state index in [0.717, 1.165) is 0 Å². The quantitative estimate of drug-likeness (QED) is 0.533. The number of carbonyl (C=O) groups is 2. The molecule has 5 nitrogen and oxygen atoms in total. The van der Waals surface area contributed by atoms with Crippen molar-refractivity contribution >= 4 is 18.1 Å². The summed E-state index contributed by atoms with van der Waals surface area (Å²) in [7, 11) is 0. The molecule has 1 rings (SSSR count). The SMILES string of the molecule is CCOC(=O)c1[nH]ccc1NC=O. The molecule has 0 aliphatic carbocycles. The Morgan fingerprint density at radius 2 is 2.54 bits per heavy atom. The van der Waals surface area contributed by atoms with Crippen LogP contribution in [-0.4, -0.2) is 24.0 Å². The summed E-state index contributed by atoms with van der Waals surface area (Å²) in [5.41, 5.74) is 0.683. The number of aromatic nitrogens is 1. The number of hydrogen-bond donors (Lipinski definition) is 2. The molecular weight excluding hydrogens is 172 g/mol. The Morgan fingerprint density at radius 3 is 3.15 bits per heavy atom. The molecule has 0 bridgehead atoms. The normalized spacial score (nSPS) is 9.31. The van der Waals surface area contributed by atoms with Crippen molar-refractivity contribution in [1.29, 1.82) is 0 Å². The van der Waals surface area contributed by atoms with Crippen molar-refractivity contribution in [3.63, 3.8) is 0 Å². The van der Waals surface area contributed by atoms with Crippen LogP contribution in [0.15, 0.2) is 12.3 Å². The van der Waals surface area contributed by atoms with Gasteiger partial charge in [0.25, 0.3) is 0 Å². The molecule has 0 spiro atoms. The number of hydrogen-bond acceptors (Lipinski definition) is 3. The molecule has 0 saturated carbocycles. The Hall–Kier alpha value is -1.78. The second-order valence-corrected chi connectivity index (χ2v) is 2.25. The fourth-order valence-corrected chi connectivity index (χ4v) is 0.925. The maximum absolute atomic E-state index is 11.2. The van der Waals surface area contributed by atoms with Crippen molar-refractivity contribution < 1.29 is 14.3 Å². The van der Waals surface area contributed by atoms with Crippen LogP contribution >= 0.6 is 0 Å². The number of anilines is 1. The van der Waals surface area contributed by atoms with Gasteiger partial charge in [-0.1, -0.05) is 0 Å². The van der Waals surface area contributed by atoms with Crippen LogP contribution in [0.5, 0.6) is 0 Å². The highest BCUT2D eigenvalue weighted by Crippen LogP contribution is 2.13. The van der Waals surface area contributed by atoms with Gasteiger partial charge in [0.05, 0.1) is 12.3 Å². The zero-order valence-corrected chi connectivity index (χ0v) is 7.16. The third-order valence-electron chi connectivity index (χ3n) is 1.44. The minimum absolute atomic E-state index is 0.258. The lowest BCUT2D eigenvalue weighted by Gasteiger charge is -2.01. The lowest BCUT2D eigenvalue weighted by atomic mass is 10.3. The Bertz CT molecular complexity index is 306. The second kappa shape index (κ2) is 4.30. The Morgan fingerprint density at radius 1 is 1.77 bits per heavy atom. The average Bonchev–Trinajstić information content (AvgIpc) is 2.54. The highest BCUT2D eigenvalue weighted by Gasteiger charge is 2.12. The van der Waals surface area contributed by atoms with E-state index in [9.17, 15) is 9.59 Å². The number of H-pyrrole nitrogens is 1. The first-order chi connectivity index (χ1) is 6.29. The Labute approximate surface area is 75.1 Å². The Kier molecular flexibility index (Phi) is 3.08. The summed E-state index contributed by atoms with van der Waals surface area (Å²) in [6, 6.07) is 1.58. The minimum Gasteiger partial charge on any atom is -0.461 e. The van der Waals surface area contributed by atoms with Crippen molar-refractivity contribution in [3.8, 4) is 0 Å². The number of aromatic amines is 1. The smallest absolute Gasteiger partial charge is 0.356 e. The van der Waals surface area contributed by atoms with Gasteiger partial charge < -0.3 is 15.0 Å². The number of carbonyl (C=O) groups excluding carboxylic acids is 2. The van der Waals surface area contributed by atoms with Crippen LogP contribution in [0.1, 0.15) is 17.4 Å². The molecule has 1 aromatic rings. The van der Waals surface area contributed by atoms with Crippen molar-refractivity contribution in [2.45, 2.75) is 6.92 Å². The van der Waals surface area contributed by atoms with E-state index in [1.165, 1.54) is 0 Å². The van der Waals surface area contributed by atoms with Crippen molar-refractivity contribution in [3.05, 3.63) is 18.0 Å². The molecule has 70 valence electrons. The molecule has 0 aliphatic heterocycles. The van der Waals surface area contributed by atoms with Crippen molar-refractivity contribution in [2.24, 2.45) is 0 Å². The molecule has 1 amide bonds. The highest BCUT2D eigenvalue weighted by molar-refractivity contribution is 5.95. The molecule has 0 unspecified atom stereocenters. The predicted molar refractivity (Wildman–Crippen MR) is 46.4 cm³/mol. The largest absolute Gasteiger partial charge is 0.461 e. The van der Waals surface area contributed by atoms with Gasteiger partial charge in [0.2, 0.25) is 6.41 Å². The van der Waals surface area contributed by atoms with Gasteiger partial charge >= 0.3 is 5.97 Å².